The van der Waals surface area contributed by atoms with Crippen LogP contribution in [-0.2, 0) is 4.79 Å². The van der Waals surface area contributed by atoms with Gasteiger partial charge in [-0.15, -0.1) is 0 Å². The van der Waals surface area contributed by atoms with Gasteiger partial charge in [-0.2, -0.15) is 0 Å². The van der Waals surface area contributed by atoms with Crippen molar-refractivity contribution in [3.8, 4) is 0 Å². The summed E-state index contributed by atoms with van der Waals surface area (Å²) in [5, 5.41) is 0. The number of rotatable bonds is 14. The van der Waals surface area contributed by atoms with E-state index in [0.717, 1.165) is 12.3 Å². The van der Waals surface area contributed by atoms with Crippen LogP contribution in [0.5, 0.6) is 0 Å². The van der Waals surface area contributed by atoms with E-state index >= 15 is 0 Å². The summed E-state index contributed by atoms with van der Waals surface area (Å²) in [5.41, 5.74) is 0. The second-order valence-electron chi connectivity index (χ2n) is 5.57. The number of unbranched alkanes of at least 4 members (excludes halogenated alkanes) is 8. The smallest absolute Gasteiger partial charge is 0.198 e. The molecule has 0 aromatic rings. The van der Waals surface area contributed by atoms with Gasteiger partial charge < -0.3 is 0 Å². The van der Waals surface area contributed by atoms with Gasteiger partial charge in [0.2, 0.25) is 0 Å². The van der Waals surface area contributed by atoms with Gasteiger partial charge in [0.15, 0.2) is 6.29 Å². The highest BCUT2D eigenvalue weighted by molar-refractivity contribution is 5.50. The Morgan fingerprint density at radius 1 is 0.778 bits per heavy atom. The third-order valence-electron chi connectivity index (χ3n) is 3.93. The molecule has 0 saturated heterocycles. The van der Waals surface area contributed by atoms with E-state index in [1.165, 1.54) is 70.6 Å². The van der Waals surface area contributed by atoms with E-state index in [-0.39, 0.29) is 0 Å². The quantitative estimate of drug-likeness (QED) is 0.356. The van der Waals surface area contributed by atoms with Gasteiger partial charge in [0.05, 0.1) is 0 Å². The summed E-state index contributed by atoms with van der Waals surface area (Å²) in [6.45, 7) is 4.59. The van der Waals surface area contributed by atoms with E-state index < -0.39 is 0 Å². The number of hydrogen-bond acceptors (Lipinski definition) is 1. The van der Waals surface area contributed by atoms with Gasteiger partial charge in [-0.05, 0) is 12.3 Å². The van der Waals surface area contributed by atoms with E-state index in [2.05, 4.69) is 13.8 Å². The monoisotopic (exact) mass is 253 g/mol. The molecular formula is C17H33O. The van der Waals surface area contributed by atoms with Crippen molar-refractivity contribution in [1.29, 1.82) is 0 Å². The second-order valence-corrected chi connectivity index (χ2v) is 5.57. The Morgan fingerprint density at radius 3 is 1.89 bits per heavy atom. The fourth-order valence-electron chi connectivity index (χ4n) is 2.57. The lowest BCUT2D eigenvalue weighted by molar-refractivity contribution is 0.395. The van der Waals surface area contributed by atoms with Crippen LogP contribution < -0.4 is 0 Å². The van der Waals surface area contributed by atoms with Gasteiger partial charge in [0, 0.05) is 6.42 Å². The van der Waals surface area contributed by atoms with Crippen molar-refractivity contribution in [1.82, 2.24) is 0 Å². The summed E-state index contributed by atoms with van der Waals surface area (Å²) < 4.78 is 0. The van der Waals surface area contributed by atoms with Crippen LogP contribution in [0.4, 0.5) is 0 Å². The molecule has 0 aliphatic rings. The molecule has 18 heavy (non-hydrogen) atoms. The van der Waals surface area contributed by atoms with Crippen molar-refractivity contribution in [2.45, 2.75) is 97.3 Å². The minimum Gasteiger partial charge on any atom is -0.291 e. The fourth-order valence-corrected chi connectivity index (χ4v) is 2.57. The normalized spacial score (nSPS) is 12.6. The van der Waals surface area contributed by atoms with E-state index in [1.807, 2.05) is 6.29 Å². The van der Waals surface area contributed by atoms with Crippen LogP contribution in [0.25, 0.3) is 0 Å². The zero-order valence-corrected chi connectivity index (χ0v) is 12.7. The molecule has 1 radical (unpaired) electrons. The molecule has 0 spiro atoms. The first-order chi connectivity index (χ1) is 8.85. The van der Waals surface area contributed by atoms with Gasteiger partial charge in [-0.3, -0.25) is 4.79 Å². The number of carbonyl (C=O) groups excluding carboxylic acids is 1. The molecule has 107 valence electrons. The molecule has 0 N–H and O–H groups in total. The summed E-state index contributed by atoms with van der Waals surface area (Å²) in [5.74, 6) is 0.927. The summed E-state index contributed by atoms with van der Waals surface area (Å²) >= 11 is 0. The second kappa shape index (κ2) is 14.7. The maximum Gasteiger partial charge on any atom is 0.198 e. The predicted molar refractivity (Wildman–Crippen MR) is 80.6 cm³/mol. The molecule has 1 nitrogen and oxygen atoms in total. The molecule has 1 heteroatoms. The van der Waals surface area contributed by atoms with Crippen LogP contribution >= 0.6 is 0 Å². The summed E-state index contributed by atoms with van der Waals surface area (Å²) in [6, 6.07) is 0. The largest absolute Gasteiger partial charge is 0.291 e. The van der Waals surface area contributed by atoms with Crippen LogP contribution in [-0.4, -0.2) is 6.29 Å². The van der Waals surface area contributed by atoms with Crippen molar-refractivity contribution in [2.75, 3.05) is 0 Å². The van der Waals surface area contributed by atoms with Crippen LogP contribution in [0.3, 0.4) is 0 Å². The highest BCUT2D eigenvalue weighted by Gasteiger charge is 2.05. The van der Waals surface area contributed by atoms with Crippen molar-refractivity contribution in [2.24, 2.45) is 5.92 Å². The van der Waals surface area contributed by atoms with Gasteiger partial charge in [0.1, 0.15) is 0 Å². The van der Waals surface area contributed by atoms with E-state index in [9.17, 15) is 4.79 Å². The van der Waals surface area contributed by atoms with Crippen LogP contribution in [0.15, 0.2) is 0 Å². The lowest BCUT2D eigenvalue weighted by Crippen LogP contribution is -1.99. The maximum atomic E-state index is 10.1. The Balaban J connectivity index is 3.32. The highest BCUT2D eigenvalue weighted by Crippen LogP contribution is 2.21. The summed E-state index contributed by atoms with van der Waals surface area (Å²) in [7, 11) is 0. The third kappa shape index (κ3) is 12.1. The zero-order chi connectivity index (χ0) is 13.5. The molecule has 0 rings (SSSR count). The minimum absolute atomic E-state index is 0.633. The molecule has 1 atom stereocenters. The maximum absolute atomic E-state index is 10.1. The molecule has 0 saturated carbocycles. The van der Waals surface area contributed by atoms with Crippen LogP contribution in [0.2, 0.25) is 0 Å². The Hall–Kier alpha value is -0.330. The topological polar surface area (TPSA) is 17.1 Å². The minimum atomic E-state index is 0.633. The first kappa shape index (κ1) is 17.7. The SMILES string of the molecule is CCCCCCCCC(CC)CCCCC[C]=O. The van der Waals surface area contributed by atoms with Crippen molar-refractivity contribution >= 4 is 6.29 Å². The van der Waals surface area contributed by atoms with Gasteiger partial charge >= 0.3 is 0 Å². The number of hydrogen-bond donors (Lipinski definition) is 0. The molecule has 0 aliphatic carbocycles. The first-order valence-corrected chi connectivity index (χ1v) is 8.20. The predicted octanol–water partition coefficient (Wildman–Crippen LogP) is 5.82. The molecule has 0 bridgehead atoms. The summed E-state index contributed by atoms with van der Waals surface area (Å²) in [4.78, 5) is 10.1. The molecule has 1 unspecified atom stereocenters. The average molecular weight is 253 g/mol. The Kier molecular flexibility index (Phi) is 14.5. The lowest BCUT2D eigenvalue weighted by atomic mass is 9.92. The molecule has 0 aliphatic heterocycles. The van der Waals surface area contributed by atoms with Crippen molar-refractivity contribution < 1.29 is 4.79 Å². The molecule has 0 fully saturated rings. The third-order valence-corrected chi connectivity index (χ3v) is 3.93. The standard InChI is InChI=1S/C17H33O/c1-3-5-6-7-8-11-14-17(4-2)15-12-9-10-13-16-18/h17H,3-15H2,1-2H3. The fraction of sp³-hybridized carbons (Fsp3) is 0.941. The Labute approximate surface area is 115 Å². The lowest BCUT2D eigenvalue weighted by Gasteiger charge is -2.14. The Bertz CT molecular complexity index is 165. The van der Waals surface area contributed by atoms with Gasteiger partial charge in [0.25, 0.3) is 0 Å². The van der Waals surface area contributed by atoms with Crippen LogP contribution in [0, 0.1) is 5.92 Å². The van der Waals surface area contributed by atoms with Crippen LogP contribution in [0.1, 0.15) is 97.3 Å². The Morgan fingerprint density at radius 2 is 1.33 bits per heavy atom. The van der Waals surface area contributed by atoms with E-state index in [4.69, 9.17) is 0 Å². The van der Waals surface area contributed by atoms with Crippen molar-refractivity contribution in [3.05, 3.63) is 0 Å². The van der Waals surface area contributed by atoms with Gasteiger partial charge in [-0.1, -0.05) is 84.5 Å². The first-order valence-electron chi connectivity index (χ1n) is 8.20. The summed E-state index contributed by atoms with van der Waals surface area (Å²) in [6.07, 6.45) is 18.7. The van der Waals surface area contributed by atoms with Crippen molar-refractivity contribution in [3.63, 3.8) is 0 Å². The van der Waals surface area contributed by atoms with E-state index in [1.54, 1.807) is 0 Å². The molecule has 0 amide bonds. The van der Waals surface area contributed by atoms with Gasteiger partial charge in [-0.25, -0.2) is 0 Å². The average Bonchev–Trinajstić information content (AvgIpc) is 2.40. The highest BCUT2D eigenvalue weighted by atomic mass is 16.1. The zero-order valence-electron chi connectivity index (χ0n) is 12.7. The molecule has 0 aromatic carbocycles. The molecule has 0 heterocycles. The molecular weight excluding hydrogens is 220 g/mol. The molecule has 0 aromatic heterocycles. The van der Waals surface area contributed by atoms with E-state index in [0.29, 0.717) is 6.42 Å².